The molecule has 3 heteroatoms. The van der Waals surface area contributed by atoms with E-state index in [-0.39, 0.29) is 5.92 Å². The molecule has 88 valence electrons. The molecule has 1 aliphatic rings. The second-order valence-corrected chi connectivity index (χ2v) is 4.77. The topological polar surface area (TPSA) is 44.9 Å². The van der Waals surface area contributed by atoms with E-state index in [1.807, 2.05) is 37.3 Å². The molecule has 1 aromatic carbocycles. The number of hydrogen-bond donors (Lipinski definition) is 3. The van der Waals surface area contributed by atoms with Crippen LogP contribution in [0, 0.1) is 13.0 Å². The summed E-state index contributed by atoms with van der Waals surface area (Å²) in [6.07, 6.45) is -0.758. The molecule has 0 saturated carbocycles. The van der Waals surface area contributed by atoms with Gasteiger partial charge in [-0.1, -0.05) is 37.3 Å². The van der Waals surface area contributed by atoms with Gasteiger partial charge in [0.1, 0.15) is 11.7 Å². The van der Waals surface area contributed by atoms with Gasteiger partial charge in [-0.2, -0.15) is 7.05 Å². The summed E-state index contributed by atoms with van der Waals surface area (Å²) in [5.41, 5.74) is -0.342. The first kappa shape index (κ1) is 11.6. The number of hydrogen-bond acceptors (Lipinski definition) is 2. The van der Waals surface area contributed by atoms with E-state index < -0.39 is 11.7 Å². The fourth-order valence-corrected chi connectivity index (χ4v) is 2.61. The zero-order valence-corrected chi connectivity index (χ0v) is 9.56. The van der Waals surface area contributed by atoms with Crippen molar-refractivity contribution in [2.24, 2.45) is 5.92 Å². The van der Waals surface area contributed by atoms with Gasteiger partial charge < -0.3 is 15.1 Å². The third-order valence-electron chi connectivity index (χ3n) is 3.57. The van der Waals surface area contributed by atoms with E-state index in [0.717, 1.165) is 17.0 Å². The van der Waals surface area contributed by atoms with Crippen molar-refractivity contribution in [3.05, 3.63) is 42.9 Å². The number of benzene rings is 1. The molecule has 1 aliphatic heterocycles. The Balaban J connectivity index is 2.36. The van der Waals surface area contributed by atoms with Gasteiger partial charge in [0, 0.05) is 5.92 Å². The molecule has 1 aromatic rings. The normalized spacial score (nSPS) is 39.6. The predicted molar refractivity (Wildman–Crippen MR) is 61.6 cm³/mol. The third-order valence-corrected chi connectivity index (χ3v) is 3.57. The van der Waals surface area contributed by atoms with Crippen LogP contribution in [0.5, 0.6) is 0 Å². The molecular formula is C13H19NO2. The van der Waals surface area contributed by atoms with Crippen molar-refractivity contribution in [3.63, 3.8) is 0 Å². The van der Waals surface area contributed by atoms with Crippen LogP contribution in [0.4, 0.5) is 0 Å². The summed E-state index contributed by atoms with van der Waals surface area (Å²) in [6, 6.07) is 9.42. The van der Waals surface area contributed by atoms with Gasteiger partial charge in [-0.05, 0) is 5.56 Å². The average Bonchev–Trinajstić information content (AvgIpc) is 2.27. The quantitative estimate of drug-likeness (QED) is 0.563. The Morgan fingerprint density at radius 1 is 1.31 bits per heavy atom. The summed E-state index contributed by atoms with van der Waals surface area (Å²) in [5, 5.41) is 20.8. The maximum atomic E-state index is 10.7. The number of aliphatic hydroxyl groups excluding tert-OH is 1. The largest absolute Gasteiger partial charge is 0.465 e. The lowest BCUT2D eigenvalue weighted by Crippen LogP contribution is -3.11. The maximum absolute atomic E-state index is 10.7. The van der Waals surface area contributed by atoms with E-state index >= 15 is 0 Å². The van der Waals surface area contributed by atoms with Crippen molar-refractivity contribution in [1.82, 2.24) is 0 Å². The van der Waals surface area contributed by atoms with Crippen LogP contribution in [0.1, 0.15) is 12.5 Å². The Kier molecular flexibility index (Phi) is 3.02. The molecule has 4 unspecified atom stereocenters. The molecule has 16 heavy (non-hydrogen) atoms. The first-order valence-electron chi connectivity index (χ1n) is 5.67. The highest BCUT2D eigenvalue weighted by Gasteiger charge is 2.47. The fourth-order valence-electron chi connectivity index (χ4n) is 2.61. The highest BCUT2D eigenvalue weighted by molar-refractivity contribution is 5.25. The van der Waals surface area contributed by atoms with Gasteiger partial charge in [-0.25, -0.2) is 0 Å². The molecule has 3 N–H and O–H groups in total. The van der Waals surface area contributed by atoms with Crippen molar-refractivity contribution in [2.45, 2.75) is 18.6 Å². The Morgan fingerprint density at radius 2 is 1.94 bits per heavy atom. The van der Waals surface area contributed by atoms with E-state index in [0.29, 0.717) is 6.54 Å². The molecule has 3 nitrogen and oxygen atoms in total. The van der Waals surface area contributed by atoms with Gasteiger partial charge in [0.05, 0.1) is 13.1 Å². The van der Waals surface area contributed by atoms with Crippen LogP contribution < -0.4 is 4.90 Å². The van der Waals surface area contributed by atoms with E-state index in [1.165, 1.54) is 0 Å². The summed E-state index contributed by atoms with van der Waals surface area (Å²) in [6.45, 7) is 3.21. The summed E-state index contributed by atoms with van der Waals surface area (Å²) >= 11 is 0. The lowest BCUT2D eigenvalue weighted by atomic mass is 9.75. The molecule has 0 aliphatic carbocycles. The number of piperidine rings is 1. The van der Waals surface area contributed by atoms with Crippen molar-refractivity contribution in [1.29, 1.82) is 0 Å². The van der Waals surface area contributed by atoms with Crippen LogP contribution in [0.2, 0.25) is 0 Å². The van der Waals surface area contributed by atoms with Crippen molar-refractivity contribution < 1.29 is 15.1 Å². The second-order valence-electron chi connectivity index (χ2n) is 4.77. The highest BCUT2D eigenvalue weighted by atomic mass is 16.3. The van der Waals surface area contributed by atoms with Crippen LogP contribution in [-0.2, 0) is 5.60 Å². The standard InChI is InChI=1S/C13H19NO2/c1-10-8-14(2)9-12(15)13(10,16)11-6-4-3-5-7-11/h3-7,10,12,14-16H,2,8-9H2,1H3. The Hall–Kier alpha value is -0.900. The van der Waals surface area contributed by atoms with Crippen molar-refractivity contribution in [2.75, 3.05) is 13.1 Å². The number of quaternary nitrogens is 1. The maximum Gasteiger partial charge on any atom is 0.134 e. The van der Waals surface area contributed by atoms with Crippen molar-refractivity contribution in [3.8, 4) is 0 Å². The van der Waals surface area contributed by atoms with Crippen LogP contribution in [-0.4, -0.2) is 29.4 Å². The minimum Gasteiger partial charge on any atom is -0.465 e. The molecule has 1 heterocycles. The fraction of sp³-hybridized carbons (Fsp3) is 0.462. The Bertz CT molecular complexity index is 340. The van der Waals surface area contributed by atoms with E-state index in [4.69, 9.17) is 0 Å². The zero-order chi connectivity index (χ0) is 11.8. The van der Waals surface area contributed by atoms with Crippen molar-refractivity contribution >= 4 is 0 Å². The average molecular weight is 221 g/mol. The summed E-state index contributed by atoms with van der Waals surface area (Å²) in [4.78, 5) is 1.01. The lowest BCUT2D eigenvalue weighted by Gasteiger charge is -2.46. The highest BCUT2D eigenvalue weighted by Crippen LogP contribution is 2.33. The molecule has 0 radical (unpaired) electrons. The first-order valence-corrected chi connectivity index (χ1v) is 5.67. The van der Waals surface area contributed by atoms with Crippen LogP contribution in [0.3, 0.4) is 0 Å². The van der Waals surface area contributed by atoms with Gasteiger partial charge >= 0.3 is 0 Å². The molecule has 0 spiro atoms. The summed E-state index contributed by atoms with van der Waals surface area (Å²) in [5.74, 6) is -0.00819. The summed E-state index contributed by atoms with van der Waals surface area (Å²) in [7, 11) is 3.90. The van der Waals surface area contributed by atoms with Crippen LogP contribution >= 0.6 is 0 Å². The monoisotopic (exact) mass is 221 g/mol. The van der Waals surface area contributed by atoms with Gasteiger partial charge in [-0.15, -0.1) is 0 Å². The molecule has 4 atom stereocenters. The summed E-state index contributed by atoms with van der Waals surface area (Å²) < 4.78 is 0. The minimum absolute atomic E-state index is 0.00819. The first-order chi connectivity index (χ1) is 7.55. The Labute approximate surface area is 96.3 Å². The number of aliphatic hydroxyl groups is 2. The molecule has 0 bridgehead atoms. The molecule has 2 rings (SSSR count). The second kappa shape index (κ2) is 4.17. The molecule has 1 fully saturated rings. The minimum atomic E-state index is -1.14. The molecule has 0 aromatic heterocycles. The van der Waals surface area contributed by atoms with E-state index in [2.05, 4.69) is 7.05 Å². The molecule has 0 amide bonds. The number of rotatable bonds is 1. The van der Waals surface area contributed by atoms with Gasteiger partial charge in [0.2, 0.25) is 0 Å². The van der Waals surface area contributed by atoms with Gasteiger partial charge in [0.15, 0.2) is 0 Å². The molecular weight excluding hydrogens is 202 g/mol. The zero-order valence-electron chi connectivity index (χ0n) is 9.56. The lowest BCUT2D eigenvalue weighted by molar-refractivity contribution is -0.871. The van der Waals surface area contributed by atoms with E-state index in [1.54, 1.807) is 0 Å². The van der Waals surface area contributed by atoms with Crippen LogP contribution in [0.15, 0.2) is 30.3 Å². The Morgan fingerprint density at radius 3 is 2.50 bits per heavy atom. The number of likely N-dealkylation sites (tertiary alicyclic amines) is 1. The van der Waals surface area contributed by atoms with Crippen LogP contribution in [0.25, 0.3) is 0 Å². The number of nitrogens with one attached hydrogen (secondary N) is 1. The van der Waals surface area contributed by atoms with Gasteiger partial charge in [0.25, 0.3) is 0 Å². The third kappa shape index (κ3) is 1.75. The predicted octanol–water partition coefficient (Wildman–Crippen LogP) is -0.439. The smallest absolute Gasteiger partial charge is 0.134 e. The van der Waals surface area contributed by atoms with Gasteiger partial charge in [-0.3, -0.25) is 0 Å². The molecule has 1 saturated heterocycles. The van der Waals surface area contributed by atoms with E-state index in [9.17, 15) is 10.2 Å². The SMILES string of the molecule is [CH2-][NH+]1CC(C)C(O)(c2ccccc2)C(O)C1.